The number of rotatable bonds is 8. The molecule has 0 aliphatic carbocycles. The number of nitrogens with one attached hydrogen (secondary N) is 2. The van der Waals surface area contributed by atoms with E-state index in [9.17, 15) is 18.0 Å². The Morgan fingerprint density at radius 3 is 2.13 bits per heavy atom. The summed E-state index contributed by atoms with van der Waals surface area (Å²) in [7, 11) is -3.94. The van der Waals surface area contributed by atoms with Gasteiger partial charge in [0.2, 0.25) is 10.0 Å². The van der Waals surface area contributed by atoms with E-state index in [1.165, 1.54) is 19.1 Å². The van der Waals surface area contributed by atoms with E-state index in [2.05, 4.69) is 10.0 Å². The van der Waals surface area contributed by atoms with Crippen LogP contribution in [0.1, 0.15) is 26.3 Å². The summed E-state index contributed by atoms with van der Waals surface area (Å²) in [6.07, 6.45) is -1.16. The summed E-state index contributed by atoms with van der Waals surface area (Å²) >= 11 is 0. The number of carbonyl (C=O) groups excluding carboxylic acids is 2. The highest BCUT2D eigenvalue weighted by molar-refractivity contribution is 7.89. The Kier molecular flexibility index (Phi) is 7.69. The zero-order valence-electron chi connectivity index (χ0n) is 16.8. The zero-order chi connectivity index (χ0) is 22.3. The monoisotopic (exact) mass is 429 g/mol. The van der Waals surface area contributed by atoms with Gasteiger partial charge in [0.1, 0.15) is 6.04 Å². The number of anilines is 1. The fourth-order valence-corrected chi connectivity index (χ4v) is 3.82. The van der Waals surface area contributed by atoms with Crippen molar-refractivity contribution in [1.29, 1.82) is 5.26 Å². The van der Waals surface area contributed by atoms with E-state index in [0.717, 1.165) is 0 Å². The number of hydrogen-bond donors (Lipinski definition) is 2. The molecule has 0 spiro atoms. The van der Waals surface area contributed by atoms with E-state index in [1.54, 1.807) is 56.3 Å². The minimum Gasteiger partial charge on any atom is -0.451 e. The van der Waals surface area contributed by atoms with Gasteiger partial charge in [-0.1, -0.05) is 32.0 Å². The molecule has 2 N–H and O–H groups in total. The van der Waals surface area contributed by atoms with Crippen LogP contribution in [0.4, 0.5) is 5.69 Å². The molecule has 0 radical (unpaired) electrons. The summed E-state index contributed by atoms with van der Waals surface area (Å²) in [5.41, 5.74) is 0.880. The van der Waals surface area contributed by atoms with Crippen LogP contribution in [0.3, 0.4) is 0 Å². The Labute approximate surface area is 175 Å². The largest absolute Gasteiger partial charge is 0.451 e. The molecule has 0 fully saturated rings. The smallest absolute Gasteiger partial charge is 0.325 e. The van der Waals surface area contributed by atoms with Crippen LogP contribution in [-0.4, -0.2) is 32.4 Å². The van der Waals surface area contributed by atoms with Crippen molar-refractivity contribution in [3.63, 3.8) is 0 Å². The van der Waals surface area contributed by atoms with Crippen molar-refractivity contribution in [3.8, 4) is 6.07 Å². The molecular weight excluding hydrogens is 406 g/mol. The lowest BCUT2D eigenvalue weighted by Gasteiger charge is -2.23. The maximum absolute atomic E-state index is 12.6. The average Bonchev–Trinajstić information content (AvgIpc) is 2.72. The molecule has 2 rings (SSSR count). The summed E-state index contributed by atoms with van der Waals surface area (Å²) in [6.45, 7) is 4.72. The lowest BCUT2D eigenvalue weighted by atomic mass is 10.1. The number of benzene rings is 2. The molecule has 0 aliphatic heterocycles. The molecule has 0 aliphatic rings. The number of nitrogens with zero attached hydrogens (tertiary/aromatic N) is 1. The molecule has 0 aromatic heterocycles. The molecule has 0 heterocycles. The Morgan fingerprint density at radius 2 is 1.60 bits per heavy atom. The second-order valence-electron chi connectivity index (χ2n) is 6.91. The van der Waals surface area contributed by atoms with Crippen LogP contribution < -0.4 is 10.0 Å². The number of hydrogen-bond acceptors (Lipinski definition) is 6. The molecule has 2 unspecified atom stereocenters. The topological polar surface area (TPSA) is 125 Å². The molecule has 158 valence electrons. The predicted molar refractivity (Wildman–Crippen MR) is 111 cm³/mol. The lowest BCUT2D eigenvalue weighted by molar-refractivity contribution is -0.155. The van der Waals surface area contributed by atoms with Gasteiger partial charge in [-0.3, -0.25) is 9.59 Å². The van der Waals surface area contributed by atoms with Crippen LogP contribution in [0, 0.1) is 17.2 Å². The molecule has 2 aromatic rings. The Hall–Kier alpha value is -3.22. The first-order valence-electron chi connectivity index (χ1n) is 9.23. The minimum atomic E-state index is -3.94. The second kappa shape index (κ2) is 10.0. The third kappa shape index (κ3) is 6.14. The SMILES string of the molecule is CC(OC(=O)C(NS(=O)(=O)c1ccccc1)C(C)C)C(=O)Nc1ccc(C#N)cc1. The first-order chi connectivity index (χ1) is 14.1. The van der Waals surface area contributed by atoms with Crippen molar-refractivity contribution in [1.82, 2.24) is 4.72 Å². The van der Waals surface area contributed by atoms with Gasteiger partial charge in [-0.05, 0) is 49.2 Å². The lowest BCUT2D eigenvalue weighted by Crippen LogP contribution is -2.47. The van der Waals surface area contributed by atoms with Gasteiger partial charge in [-0.2, -0.15) is 9.98 Å². The number of ether oxygens (including phenoxy) is 1. The Morgan fingerprint density at radius 1 is 1.00 bits per heavy atom. The number of amides is 1. The quantitative estimate of drug-likeness (QED) is 0.621. The van der Waals surface area contributed by atoms with E-state index in [4.69, 9.17) is 10.00 Å². The van der Waals surface area contributed by atoms with Gasteiger partial charge in [-0.25, -0.2) is 8.42 Å². The molecule has 0 saturated heterocycles. The van der Waals surface area contributed by atoms with Gasteiger partial charge in [0.05, 0.1) is 16.5 Å². The maximum atomic E-state index is 12.6. The highest BCUT2D eigenvalue weighted by atomic mass is 32.2. The van der Waals surface area contributed by atoms with Crippen molar-refractivity contribution >= 4 is 27.6 Å². The molecule has 30 heavy (non-hydrogen) atoms. The Bertz CT molecular complexity index is 1030. The summed E-state index contributed by atoms with van der Waals surface area (Å²) < 4.78 is 32.6. The van der Waals surface area contributed by atoms with Crippen LogP contribution in [0.5, 0.6) is 0 Å². The van der Waals surface area contributed by atoms with Gasteiger partial charge >= 0.3 is 5.97 Å². The summed E-state index contributed by atoms with van der Waals surface area (Å²) in [5.74, 6) is -1.85. The summed E-state index contributed by atoms with van der Waals surface area (Å²) in [6, 6.07) is 14.7. The molecule has 9 heteroatoms. The summed E-state index contributed by atoms with van der Waals surface area (Å²) in [5, 5.41) is 11.4. The van der Waals surface area contributed by atoms with E-state index < -0.39 is 40.0 Å². The van der Waals surface area contributed by atoms with Crippen LogP contribution in [0.25, 0.3) is 0 Å². The van der Waals surface area contributed by atoms with Crippen molar-refractivity contribution < 1.29 is 22.7 Å². The molecule has 8 nitrogen and oxygen atoms in total. The Balaban J connectivity index is 2.04. The van der Waals surface area contributed by atoms with Gasteiger partial charge in [0.25, 0.3) is 5.91 Å². The van der Waals surface area contributed by atoms with E-state index >= 15 is 0 Å². The minimum absolute atomic E-state index is 0.0232. The fraction of sp³-hybridized carbons (Fsp3) is 0.286. The van der Waals surface area contributed by atoms with Crippen LogP contribution in [0.2, 0.25) is 0 Å². The van der Waals surface area contributed by atoms with Crippen LogP contribution in [0.15, 0.2) is 59.5 Å². The molecule has 1 amide bonds. The maximum Gasteiger partial charge on any atom is 0.325 e. The number of esters is 1. The van der Waals surface area contributed by atoms with Crippen molar-refractivity contribution in [3.05, 3.63) is 60.2 Å². The normalized spacial score (nSPS) is 13.2. The van der Waals surface area contributed by atoms with E-state index in [1.807, 2.05) is 6.07 Å². The van der Waals surface area contributed by atoms with Crippen molar-refractivity contribution in [2.24, 2.45) is 5.92 Å². The van der Waals surface area contributed by atoms with Crippen molar-refractivity contribution in [2.45, 2.75) is 37.8 Å². The highest BCUT2D eigenvalue weighted by Crippen LogP contribution is 2.14. The van der Waals surface area contributed by atoms with Crippen LogP contribution in [-0.2, 0) is 24.3 Å². The van der Waals surface area contributed by atoms with Gasteiger partial charge in [0.15, 0.2) is 6.10 Å². The first kappa shape index (κ1) is 23.1. The molecule has 0 saturated carbocycles. The summed E-state index contributed by atoms with van der Waals surface area (Å²) in [4.78, 5) is 24.9. The third-order valence-electron chi connectivity index (χ3n) is 4.20. The van der Waals surface area contributed by atoms with Crippen molar-refractivity contribution in [2.75, 3.05) is 5.32 Å². The zero-order valence-corrected chi connectivity index (χ0v) is 17.6. The van der Waals surface area contributed by atoms with Gasteiger partial charge < -0.3 is 10.1 Å². The van der Waals surface area contributed by atoms with Crippen LogP contribution >= 0.6 is 0 Å². The fourth-order valence-electron chi connectivity index (χ4n) is 2.46. The molecule has 2 aromatic carbocycles. The standard InChI is InChI=1S/C21H23N3O5S/c1-14(2)19(24-30(27,28)18-7-5-4-6-8-18)21(26)29-15(3)20(25)23-17-11-9-16(13-22)10-12-17/h4-12,14-15,19,24H,1-3H3,(H,23,25). The third-order valence-corrected chi connectivity index (χ3v) is 5.66. The average molecular weight is 429 g/mol. The second-order valence-corrected chi connectivity index (χ2v) is 8.63. The molecule has 2 atom stereocenters. The number of sulfonamides is 1. The number of nitriles is 1. The molecular formula is C21H23N3O5S. The highest BCUT2D eigenvalue weighted by Gasteiger charge is 2.31. The predicted octanol–water partition coefficient (Wildman–Crippen LogP) is 2.43. The van der Waals surface area contributed by atoms with Gasteiger partial charge in [0, 0.05) is 5.69 Å². The van der Waals surface area contributed by atoms with E-state index in [0.29, 0.717) is 11.3 Å². The van der Waals surface area contributed by atoms with E-state index in [-0.39, 0.29) is 4.90 Å². The first-order valence-corrected chi connectivity index (χ1v) is 10.7. The number of carbonyl (C=O) groups is 2. The van der Waals surface area contributed by atoms with Gasteiger partial charge in [-0.15, -0.1) is 0 Å². The molecule has 0 bridgehead atoms.